The van der Waals surface area contributed by atoms with Crippen molar-refractivity contribution < 1.29 is 19.1 Å². The molecule has 1 N–H and O–H groups in total. The third-order valence-electron chi connectivity index (χ3n) is 3.92. The molecule has 1 aliphatic rings. The van der Waals surface area contributed by atoms with Crippen molar-refractivity contribution in [3.8, 4) is 0 Å². The Balaban J connectivity index is 2.31. The van der Waals surface area contributed by atoms with E-state index < -0.39 is 5.60 Å². The minimum absolute atomic E-state index is 0.191. The van der Waals surface area contributed by atoms with Crippen LogP contribution in [0.4, 0.5) is 4.79 Å². The van der Waals surface area contributed by atoms with E-state index in [-0.39, 0.29) is 18.1 Å². The van der Waals surface area contributed by atoms with E-state index in [4.69, 9.17) is 9.47 Å². The molecule has 0 unspecified atom stereocenters. The minimum Gasteiger partial charge on any atom is -0.463 e. The lowest BCUT2D eigenvalue weighted by atomic mass is 9.84. The second kappa shape index (κ2) is 8.94. The number of alkyl carbamates (subject to hydrolysis) is 1. The van der Waals surface area contributed by atoms with Gasteiger partial charge in [0.1, 0.15) is 5.60 Å². The molecule has 0 aromatic carbocycles. The van der Waals surface area contributed by atoms with Gasteiger partial charge in [-0.15, -0.1) is 0 Å². The monoisotopic (exact) mass is 325 g/mol. The van der Waals surface area contributed by atoms with Crippen LogP contribution in [0, 0.1) is 5.92 Å². The first kappa shape index (κ1) is 19.5. The fourth-order valence-corrected chi connectivity index (χ4v) is 2.69. The van der Waals surface area contributed by atoms with Crippen LogP contribution in [0.5, 0.6) is 0 Å². The fourth-order valence-electron chi connectivity index (χ4n) is 2.69. The van der Waals surface area contributed by atoms with Crippen LogP contribution in [0.1, 0.15) is 66.7 Å². The molecule has 0 bridgehead atoms. The zero-order chi connectivity index (χ0) is 17.5. The topological polar surface area (TPSA) is 64.6 Å². The zero-order valence-electron chi connectivity index (χ0n) is 15.1. The highest BCUT2D eigenvalue weighted by Crippen LogP contribution is 2.27. The third-order valence-corrected chi connectivity index (χ3v) is 3.92. The molecule has 1 rings (SSSR count). The summed E-state index contributed by atoms with van der Waals surface area (Å²) in [4.78, 5) is 23.3. The van der Waals surface area contributed by atoms with E-state index in [2.05, 4.69) is 5.32 Å². The van der Waals surface area contributed by atoms with Crippen LogP contribution >= 0.6 is 0 Å². The van der Waals surface area contributed by atoms with Gasteiger partial charge in [0.25, 0.3) is 0 Å². The number of hydrogen-bond acceptors (Lipinski definition) is 4. The smallest absolute Gasteiger partial charge is 0.407 e. The predicted molar refractivity (Wildman–Crippen MR) is 90.1 cm³/mol. The number of nitrogens with one attached hydrogen (secondary N) is 1. The van der Waals surface area contributed by atoms with Gasteiger partial charge in [-0.25, -0.2) is 9.59 Å². The molecule has 0 saturated heterocycles. The molecular weight excluding hydrogens is 294 g/mol. The summed E-state index contributed by atoms with van der Waals surface area (Å²) in [6.45, 7) is 9.61. The van der Waals surface area contributed by atoms with E-state index >= 15 is 0 Å². The molecule has 23 heavy (non-hydrogen) atoms. The Morgan fingerprint density at radius 1 is 1.17 bits per heavy atom. The highest BCUT2D eigenvalue weighted by atomic mass is 16.6. The number of esters is 1. The number of ether oxygens (including phenoxy) is 2. The van der Waals surface area contributed by atoms with Crippen molar-refractivity contribution in [3.05, 3.63) is 11.6 Å². The summed E-state index contributed by atoms with van der Waals surface area (Å²) in [5.74, 6) is 0.337. The fraction of sp³-hybridized carbons (Fsp3) is 0.778. The first-order valence-electron chi connectivity index (χ1n) is 8.54. The number of carbonyl (C=O) groups excluding carboxylic acids is 2. The highest BCUT2D eigenvalue weighted by molar-refractivity contribution is 5.87. The van der Waals surface area contributed by atoms with E-state index in [1.165, 1.54) is 0 Å². The average molecular weight is 325 g/mol. The molecule has 0 aromatic heterocycles. The Hall–Kier alpha value is -1.52. The van der Waals surface area contributed by atoms with Crippen molar-refractivity contribution in [2.24, 2.45) is 5.92 Å². The molecule has 0 atom stereocenters. The maximum absolute atomic E-state index is 11.8. The molecule has 0 radical (unpaired) electrons. The van der Waals surface area contributed by atoms with Gasteiger partial charge >= 0.3 is 12.1 Å². The largest absolute Gasteiger partial charge is 0.463 e. The second-order valence-electron chi connectivity index (χ2n) is 7.21. The van der Waals surface area contributed by atoms with Gasteiger partial charge in [0.15, 0.2) is 0 Å². The average Bonchev–Trinajstić information content (AvgIpc) is 2.44. The lowest BCUT2D eigenvalue weighted by molar-refractivity contribution is -0.138. The first-order chi connectivity index (χ1) is 10.7. The number of allylic oxidation sites excluding steroid dienone is 1. The summed E-state index contributed by atoms with van der Waals surface area (Å²) >= 11 is 0. The van der Waals surface area contributed by atoms with Crippen molar-refractivity contribution in [2.75, 3.05) is 6.61 Å². The van der Waals surface area contributed by atoms with Crippen LogP contribution in [0.3, 0.4) is 0 Å². The van der Waals surface area contributed by atoms with Crippen LogP contribution in [-0.2, 0) is 14.3 Å². The van der Waals surface area contributed by atoms with Crippen LogP contribution in [-0.4, -0.2) is 30.3 Å². The summed E-state index contributed by atoms with van der Waals surface area (Å²) in [5.41, 5.74) is 0.220. The molecule has 1 fully saturated rings. The molecule has 1 saturated carbocycles. The third kappa shape index (κ3) is 8.05. The lowest BCUT2D eigenvalue weighted by Crippen LogP contribution is -2.40. The molecule has 0 aliphatic heterocycles. The maximum atomic E-state index is 11.8. The van der Waals surface area contributed by atoms with Gasteiger partial charge < -0.3 is 14.8 Å². The van der Waals surface area contributed by atoms with E-state index in [0.717, 1.165) is 32.1 Å². The van der Waals surface area contributed by atoms with Crippen molar-refractivity contribution in [3.63, 3.8) is 0 Å². The summed E-state index contributed by atoms with van der Waals surface area (Å²) in [7, 11) is 0. The molecule has 1 amide bonds. The quantitative estimate of drug-likeness (QED) is 0.613. The number of hydrogen-bond donors (Lipinski definition) is 1. The Morgan fingerprint density at radius 2 is 1.78 bits per heavy atom. The van der Waals surface area contributed by atoms with Crippen molar-refractivity contribution in [2.45, 2.75) is 78.4 Å². The summed E-state index contributed by atoms with van der Waals surface area (Å²) in [6.07, 6.45) is 6.54. The number of carbonyl (C=O) groups is 2. The van der Waals surface area contributed by atoms with Gasteiger partial charge in [-0.2, -0.15) is 0 Å². The first-order valence-corrected chi connectivity index (χ1v) is 8.54. The van der Waals surface area contributed by atoms with Crippen molar-refractivity contribution in [1.82, 2.24) is 5.32 Å². The molecule has 132 valence electrons. The Morgan fingerprint density at radius 3 is 2.30 bits per heavy atom. The molecule has 5 nitrogen and oxygen atoms in total. The molecule has 5 heteroatoms. The van der Waals surface area contributed by atoms with Gasteiger partial charge in [0.05, 0.1) is 6.61 Å². The minimum atomic E-state index is -0.462. The van der Waals surface area contributed by atoms with Crippen LogP contribution in [0.15, 0.2) is 11.6 Å². The van der Waals surface area contributed by atoms with Crippen molar-refractivity contribution >= 4 is 12.1 Å². The van der Waals surface area contributed by atoms with Gasteiger partial charge in [-0.3, -0.25) is 0 Å². The Kier molecular flexibility index (Phi) is 7.59. The van der Waals surface area contributed by atoms with E-state index in [1.807, 2.05) is 33.8 Å². The molecule has 1 aliphatic carbocycles. The van der Waals surface area contributed by atoms with E-state index in [0.29, 0.717) is 18.1 Å². The molecule has 0 aromatic rings. The summed E-state index contributed by atoms with van der Waals surface area (Å²) in [6, 6.07) is 0.191. The van der Waals surface area contributed by atoms with Crippen LogP contribution < -0.4 is 5.32 Å². The standard InChI is InChI=1S/C18H31NO4/c1-6-22-16(20)13(2)7-8-14-9-11-15(12-10-14)19-17(21)23-18(3,4)5/h7,14-15H,6,8-12H2,1-5H3,(H,19,21)/b13-7+/t14-,15-. The second-order valence-corrected chi connectivity index (χ2v) is 7.21. The SMILES string of the molecule is CCOC(=O)/C(C)=C/C[C@H]1CC[C@H](NC(=O)OC(C)(C)C)CC1. The number of amides is 1. The summed E-state index contributed by atoms with van der Waals surface area (Å²) < 4.78 is 10.3. The van der Waals surface area contributed by atoms with E-state index in [9.17, 15) is 9.59 Å². The molecule has 0 spiro atoms. The van der Waals surface area contributed by atoms with Gasteiger partial charge in [0, 0.05) is 11.6 Å². The van der Waals surface area contributed by atoms with Gasteiger partial charge in [0.2, 0.25) is 0 Å². The predicted octanol–water partition coefficient (Wildman–Crippen LogP) is 3.97. The molecule has 0 heterocycles. The lowest BCUT2D eigenvalue weighted by Gasteiger charge is -2.29. The van der Waals surface area contributed by atoms with Gasteiger partial charge in [-0.1, -0.05) is 6.08 Å². The maximum Gasteiger partial charge on any atom is 0.407 e. The van der Waals surface area contributed by atoms with Crippen LogP contribution in [0.2, 0.25) is 0 Å². The molecular formula is C18H31NO4. The Labute approximate surface area is 139 Å². The Bertz CT molecular complexity index is 429. The van der Waals surface area contributed by atoms with Crippen LogP contribution in [0.25, 0.3) is 0 Å². The van der Waals surface area contributed by atoms with E-state index in [1.54, 1.807) is 6.92 Å². The van der Waals surface area contributed by atoms with Crippen molar-refractivity contribution in [1.29, 1.82) is 0 Å². The normalized spacial score (nSPS) is 22.4. The number of rotatable bonds is 5. The highest BCUT2D eigenvalue weighted by Gasteiger charge is 2.24. The van der Waals surface area contributed by atoms with Gasteiger partial charge in [-0.05, 0) is 72.6 Å². The zero-order valence-corrected chi connectivity index (χ0v) is 15.1. The summed E-state index contributed by atoms with van der Waals surface area (Å²) in [5, 5.41) is 2.95.